The van der Waals surface area contributed by atoms with Crippen molar-refractivity contribution in [3.8, 4) is 0 Å². The molecule has 2 unspecified atom stereocenters. The van der Waals surface area contributed by atoms with Crippen molar-refractivity contribution in [1.82, 2.24) is 9.80 Å². The van der Waals surface area contributed by atoms with Gasteiger partial charge in [-0.15, -0.1) is 0 Å². The van der Waals surface area contributed by atoms with E-state index in [9.17, 15) is 0 Å². The van der Waals surface area contributed by atoms with Crippen LogP contribution in [0.2, 0.25) is 5.02 Å². The molecule has 1 aliphatic heterocycles. The molecule has 1 aromatic carbocycles. The van der Waals surface area contributed by atoms with E-state index in [-0.39, 0.29) is 12.1 Å². The summed E-state index contributed by atoms with van der Waals surface area (Å²) in [5, 5.41) is 0.780. The fourth-order valence-corrected chi connectivity index (χ4v) is 3.28. The van der Waals surface area contributed by atoms with Gasteiger partial charge in [0.2, 0.25) is 0 Å². The third-order valence-electron chi connectivity index (χ3n) is 4.53. The molecule has 1 aliphatic rings. The normalized spacial score (nSPS) is 19.1. The average Bonchev–Trinajstić information content (AvgIpc) is 3.00. The van der Waals surface area contributed by atoms with Gasteiger partial charge in [-0.3, -0.25) is 4.90 Å². The maximum atomic E-state index is 6.38. The van der Waals surface area contributed by atoms with Crippen molar-refractivity contribution in [1.29, 1.82) is 0 Å². The van der Waals surface area contributed by atoms with Crippen LogP contribution in [0.5, 0.6) is 0 Å². The van der Waals surface area contributed by atoms with Crippen LogP contribution in [0.1, 0.15) is 37.8 Å². The van der Waals surface area contributed by atoms with Gasteiger partial charge < -0.3 is 10.6 Å². The SMILES string of the molecule is CCC(N)C(c1ccc(Cl)cc1)N(C)CCN1CCCC1. The highest BCUT2D eigenvalue weighted by Gasteiger charge is 2.23. The van der Waals surface area contributed by atoms with Crippen LogP contribution in [0.15, 0.2) is 24.3 Å². The smallest absolute Gasteiger partial charge is 0.0496 e. The molecule has 1 aromatic rings. The molecule has 2 N–H and O–H groups in total. The van der Waals surface area contributed by atoms with E-state index in [0.29, 0.717) is 0 Å². The van der Waals surface area contributed by atoms with Crippen molar-refractivity contribution in [3.05, 3.63) is 34.9 Å². The van der Waals surface area contributed by atoms with Crippen LogP contribution in [-0.4, -0.2) is 49.1 Å². The van der Waals surface area contributed by atoms with Gasteiger partial charge in [0.1, 0.15) is 0 Å². The van der Waals surface area contributed by atoms with Crippen LogP contribution in [0, 0.1) is 0 Å². The highest BCUT2D eigenvalue weighted by molar-refractivity contribution is 6.30. The monoisotopic (exact) mass is 309 g/mol. The first-order chi connectivity index (χ1) is 10.1. The standard InChI is InChI=1S/C17H28ClN3/c1-3-16(19)17(14-6-8-15(18)9-7-14)20(2)12-13-21-10-4-5-11-21/h6-9,16-17H,3-5,10-13,19H2,1-2H3. The fourth-order valence-electron chi connectivity index (χ4n) is 3.16. The summed E-state index contributed by atoms with van der Waals surface area (Å²) in [7, 11) is 2.19. The Morgan fingerprint density at radius 3 is 2.43 bits per heavy atom. The summed E-state index contributed by atoms with van der Waals surface area (Å²) in [4.78, 5) is 4.95. The molecule has 0 amide bonds. The average molecular weight is 310 g/mol. The molecule has 0 radical (unpaired) electrons. The lowest BCUT2D eigenvalue weighted by Crippen LogP contribution is -2.42. The summed E-state index contributed by atoms with van der Waals surface area (Å²) in [5.74, 6) is 0. The molecule has 0 spiro atoms. The molecular formula is C17H28ClN3. The molecule has 3 nitrogen and oxygen atoms in total. The second-order valence-corrected chi connectivity index (χ2v) is 6.53. The lowest BCUT2D eigenvalue weighted by atomic mass is 9.96. The quantitative estimate of drug-likeness (QED) is 0.840. The Morgan fingerprint density at radius 2 is 1.86 bits per heavy atom. The first-order valence-corrected chi connectivity index (χ1v) is 8.43. The number of nitrogens with two attached hydrogens (primary N) is 1. The Bertz CT molecular complexity index is 415. The largest absolute Gasteiger partial charge is 0.326 e. The third kappa shape index (κ3) is 4.68. The second kappa shape index (κ2) is 8.14. The van der Waals surface area contributed by atoms with Gasteiger partial charge in [0.05, 0.1) is 0 Å². The number of hydrogen-bond donors (Lipinski definition) is 1. The van der Waals surface area contributed by atoms with E-state index >= 15 is 0 Å². The Balaban J connectivity index is 2.02. The van der Waals surface area contributed by atoms with Gasteiger partial charge in [0.15, 0.2) is 0 Å². The van der Waals surface area contributed by atoms with E-state index in [4.69, 9.17) is 17.3 Å². The maximum absolute atomic E-state index is 6.38. The summed E-state index contributed by atoms with van der Waals surface area (Å²) in [6.45, 7) is 6.85. The molecule has 1 heterocycles. The Morgan fingerprint density at radius 1 is 1.24 bits per heavy atom. The van der Waals surface area contributed by atoms with Crippen molar-refractivity contribution in [2.75, 3.05) is 33.2 Å². The van der Waals surface area contributed by atoms with Gasteiger partial charge in [-0.05, 0) is 57.1 Å². The summed E-state index contributed by atoms with van der Waals surface area (Å²) in [5.41, 5.74) is 7.65. The van der Waals surface area contributed by atoms with Crippen molar-refractivity contribution >= 4 is 11.6 Å². The number of likely N-dealkylation sites (N-methyl/N-ethyl adjacent to an activating group) is 1. The highest BCUT2D eigenvalue weighted by Crippen LogP contribution is 2.25. The first-order valence-electron chi connectivity index (χ1n) is 8.05. The van der Waals surface area contributed by atoms with Crippen LogP contribution in [0.25, 0.3) is 0 Å². The van der Waals surface area contributed by atoms with E-state index in [1.807, 2.05) is 12.1 Å². The number of benzene rings is 1. The predicted octanol–water partition coefficient (Wildman–Crippen LogP) is 3.15. The zero-order valence-corrected chi connectivity index (χ0v) is 14.0. The topological polar surface area (TPSA) is 32.5 Å². The molecule has 1 saturated heterocycles. The Labute approximate surface area is 134 Å². The number of likely N-dealkylation sites (tertiary alicyclic amines) is 1. The minimum atomic E-state index is 0.148. The van der Waals surface area contributed by atoms with E-state index in [1.54, 1.807) is 0 Å². The van der Waals surface area contributed by atoms with Crippen LogP contribution in [0.4, 0.5) is 0 Å². The molecule has 2 atom stereocenters. The van der Waals surface area contributed by atoms with Crippen molar-refractivity contribution in [2.45, 2.75) is 38.3 Å². The molecule has 1 fully saturated rings. The first kappa shape index (κ1) is 16.8. The van der Waals surface area contributed by atoms with E-state index < -0.39 is 0 Å². The number of rotatable bonds is 7. The summed E-state index contributed by atoms with van der Waals surface area (Å²) < 4.78 is 0. The van der Waals surface area contributed by atoms with Crippen molar-refractivity contribution < 1.29 is 0 Å². The maximum Gasteiger partial charge on any atom is 0.0496 e. The summed E-state index contributed by atoms with van der Waals surface area (Å²) >= 11 is 6.01. The lowest BCUT2D eigenvalue weighted by molar-refractivity contribution is 0.182. The predicted molar refractivity (Wildman–Crippen MR) is 90.8 cm³/mol. The van der Waals surface area contributed by atoms with Crippen LogP contribution in [-0.2, 0) is 0 Å². The molecule has 0 aliphatic carbocycles. The van der Waals surface area contributed by atoms with Crippen LogP contribution >= 0.6 is 11.6 Å². The van der Waals surface area contributed by atoms with Gasteiger partial charge in [-0.25, -0.2) is 0 Å². The van der Waals surface area contributed by atoms with Crippen LogP contribution < -0.4 is 5.73 Å². The lowest BCUT2D eigenvalue weighted by Gasteiger charge is -2.34. The van der Waals surface area contributed by atoms with Gasteiger partial charge in [-0.2, -0.15) is 0 Å². The van der Waals surface area contributed by atoms with Gasteiger partial charge in [0, 0.05) is 30.2 Å². The Kier molecular flexibility index (Phi) is 6.49. The number of halogens is 1. The van der Waals surface area contributed by atoms with Crippen molar-refractivity contribution in [3.63, 3.8) is 0 Å². The molecule has 2 rings (SSSR count). The molecule has 118 valence electrons. The highest BCUT2D eigenvalue weighted by atomic mass is 35.5. The summed E-state index contributed by atoms with van der Waals surface area (Å²) in [6, 6.07) is 8.54. The molecule has 4 heteroatoms. The molecule has 0 saturated carbocycles. The number of hydrogen-bond acceptors (Lipinski definition) is 3. The zero-order chi connectivity index (χ0) is 15.2. The molecule has 21 heavy (non-hydrogen) atoms. The van der Waals surface area contributed by atoms with Gasteiger partial charge in [0.25, 0.3) is 0 Å². The third-order valence-corrected chi connectivity index (χ3v) is 4.78. The number of nitrogens with zero attached hydrogens (tertiary/aromatic N) is 2. The fraction of sp³-hybridized carbons (Fsp3) is 0.647. The van der Waals surface area contributed by atoms with E-state index in [0.717, 1.165) is 24.5 Å². The molecular weight excluding hydrogens is 282 g/mol. The van der Waals surface area contributed by atoms with E-state index in [2.05, 4.69) is 35.9 Å². The van der Waals surface area contributed by atoms with Crippen molar-refractivity contribution in [2.24, 2.45) is 5.73 Å². The van der Waals surface area contributed by atoms with E-state index in [1.165, 1.54) is 31.5 Å². The molecule has 0 bridgehead atoms. The van der Waals surface area contributed by atoms with Gasteiger partial charge >= 0.3 is 0 Å². The summed E-state index contributed by atoms with van der Waals surface area (Å²) in [6.07, 6.45) is 3.67. The minimum absolute atomic E-state index is 0.148. The van der Waals surface area contributed by atoms with Gasteiger partial charge in [-0.1, -0.05) is 30.7 Å². The molecule has 0 aromatic heterocycles. The van der Waals surface area contributed by atoms with Crippen LogP contribution in [0.3, 0.4) is 0 Å². The minimum Gasteiger partial charge on any atom is -0.326 e. The zero-order valence-electron chi connectivity index (χ0n) is 13.3. The Hall–Kier alpha value is -0.610. The second-order valence-electron chi connectivity index (χ2n) is 6.10.